The Bertz CT molecular complexity index is 208. The fraction of sp³-hybridized carbons (Fsp3) is 0.714. The molecule has 1 aliphatic rings. The zero-order valence-corrected chi connectivity index (χ0v) is 8.21. The minimum Gasteiger partial charge on any atom is -0.368 e. The summed E-state index contributed by atoms with van der Waals surface area (Å²) < 4.78 is 0. The van der Waals surface area contributed by atoms with Crippen LogP contribution in [0.15, 0.2) is 0 Å². The Balaban J connectivity index is 2.63. The van der Waals surface area contributed by atoms with Crippen molar-refractivity contribution in [1.82, 2.24) is 4.90 Å². The summed E-state index contributed by atoms with van der Waals surface area (Å²) in [7, 11) is 0. The van der Waals surface area contributed by atoms with Gasteiger partial charge in [0.2, 0.25) is 11.8 Å². The van der Waals surface area contributed by atoms with E-state index < -0.39 is 5.91 Å². The first kappa shape index (κ1) is 9.51. The molecule has 1 heterocycles. The third-order valence-electron chi connectivity index (χ3n) is 2.02. The second-order valence-electron chi connectivity index (χ2n) is 2.78. The summed E-state index contributed by atoms with van der Waals surface area (Å²) in [6.45, 7) is 0.651. The Labute approximate surface area is 79.2 Å². The Morgan fingerprint density at radius 3 is 2.75 bits per heavy atom. The Hall–Kier alpha value is -0.580. The molecule has 0 radical (unpaired) electrons. The van der Waals surface area contributed by atoms with E-state index in [9.17, 15) is 9.59 Å². The van der Waals surface area contributed by atoms with Crippen LogP contribution in [0.5, 0.6) is 0 Å². The number of nitrogens with zero attached hydrogens (tertiary/aromatic N) is 1. The quantitative estimate of drug-likeness (QED) is 0.677. The number of likely N-dealkylation sites (tertiary alicyclic amines) is 1. The van der Waals surface area contributed by atoms with Crippen LogP contribution >= 0.6 is 15.9 Å². The molecule has 12 heavy (non-hydrogen) atoms. The molecule has 1 fully saturated rings. The monoisotopic (exact) mass is 234 g/mol. The standard InChI is InChI=1S/C7H11BrN2O2/c8-4-6(11)10-3-1-2-5(10)7(9)12/h5H,1-4H2,(H2,9,12)/t5-/m0/s1. The zero-order chi connectivity index (χ0) is 9.14. The molecule has 1 atom stereocenters. The second-order valence-corrected chi connectivity index (χ2v) is 3.34. The van der Waals surface area contributed by atoms with E-state index in [0.717, 1.165) is 6.42 Å². The highest BCUT2D eigenvalue weighted by Gasteiger charge is 2.31. The second kappa shape index (κ2) is 3.89. The molecule has 0 saturated carbocycles. The van der Waals surface area contributed by atoms with Crippen LogP contribution in [0.4, 0.5) is 0 Å². The lowest BCUT2D eigenvalue weighted by molar-refractivity contribution is -0.135. The van der Waals surface area contributed by atoms with E-state index in [1.165, 1.54) is 4.90 Å². The summed E-state index contributed by atoms with van der Waals surface area (Å²) in [5.41, 5.74) is 5.13. The number of hydrogen-bond acceptors (Lipinski definition) is 2. The summed E-state index contributed by atoms with van der Waals surface area (Å²) in [5, 5.41) is 0.261. The highest BCUT2D eigenvalue weighted by atomic mass is 79.9. The van der Waals surface area contributed by atoms with Crippen molar-refractivity contribution in [1.29, 1.82) is 0 Å². The number of carbonyl (C=O) groups is 2. The molecule has 0 aromatic heterocycles. The molecule has 0 aromatic rings. The minimum atomic E-state index is -0.401. The molecule has 0 unspecified atom stereocenters. The van der Waals surface area contributed by atoms with E-state index in [1.54, 1.807) is 0 Å². The molecule has 2 N–H and O–H groups in total. The van der Waals surface area contributed by atoms with E-state index in [0.29, 0.717) is 13.0 Å². The summed E-state index contributed by atoms with van der Waals surface area (Å²) in [6.07, 6.45) is 1.57. The summed E-state index contributed by atoms with van der Waals surface area (Å²) in [4.78, 5) is 23.6. The minimum absolute atomic E-state index is 0.0590. The first-order valence-corrected chi connectivity index (χ1v) is 4.93. The lowest BCUT2D eigenvalue weighted by Crippen LogP contribution is -2.44. The molecule has 1 saturated heterocycles. The molecular weight excluding hydrogens is 224 g/mol. The topological polar surface area (TPSA) is 63.4 Å². The molecule has 0 aromatic carbocycles. The van der Waals surface area contributed by atoms with E-state index in [4.69, 9.17) is 5.73 Å². The van der Waals surface area contributed by atoms with Gasteiger partial charge in [-0.15, -0.1) is 0 Å². The number of nitrogens with two attached hydrogens (primary N) is 1. The van der Waals surface area contributed by atoms with Crippen LogP contribution in [0.1, 0.15) is 12.8 Å². The summed E-state index contributed by atoms with van der Waals surface area (Å²) in [6, 6.07) is -0.380. The van der Waals surface area contributed by atoms with Gasteiger partial charge in [-0.3, -0.25) is 9.59 Å². The zero-order valence-electron chi connectivity index (χ0n) is 6.62. The van der Waals surface area contributed by atoms with Gasteiger partial charge >= 0.3 is 0 Å². The van der Waals surface area contributed by atoms with Crippen molar-refractivity contribution in [3.05, 3.63) is 0 Å². The van der Waals surface area contributed by atoms with Crippen molar-refractivity contribution in [2.24, 2.45) is 5.73 Å². The smallest absolute Gasteiger partial charge is 0.240 e. The van der Waals surface area contributed by atoms with Gasteiger partial charge in [-0.1, -0.05) is 15.9 Å². The average Bonchev–Trinajstić information content (AvgIpc) is 2.50. The molecule has 0 aliphatic carbocycles. The predicted molar refractivity (Wildman–Crippen MR) is 47.7 cm³/mol. The lowest BCUT2D eigenvalue weighted by atomic mass is 10.2. The maximum atomic E-state index is 11.2. The number of rotatable bonds is 2. The molecule has 5 heteroatoms. The maximum Gasteiger partial charge on any atom is 0.240 e. The molecule has 2 amide bonds. The van der Waals surface area contributed by atoms with E-state index in [-0.39, 0.29) is 17.3 Å². The SMILES string of the molecule is NC(=O)[C@@H]1CCCN1C(=O)CBr. The number of hydrogen-bond donors (Lipinski definition) is 1. The van der Waals surface area contributed by atoms with Gasteiger partial charge in [0.15, 0.2) is 0 Å². The maximum absolute atomic E-state index is 11.2. The van der Waals surface area contributed by atoms with Crippen LogP contribution < -0.4 is 5.73 Å². The Morgan fingerprint density at radius 2 is 2.25 bits per heavy atom. The fourth-order valence-corrected chi connectivity index (χ4v) is 1.76. The van der Waals surface area contributed by atoms with E-state index in [1.807, 2.05) is 0 Å². The van der Waals surface area contributed by atoms with Gasteiger partial charge in [0.1, 0.15) is 6.04 Å². The van der Waals surface area contributed by atoms with Crippen molar-refractivity contribution in [3.8, 4) is 0 Å². The van der Waals surface area contributed by atoms with Crippen LogP contribution in [0.25, 0.3) is 0 Å². The predicted octanol–water partition coefficient (Wildman–Crippen LogP) is -0.142. The van der Waals surface area contributed by atoms with Crippen LogP contribution in [0.3, 0.4) is 0 Å². The molecule has 4 nitrogen and oxygen atoms in total. The van der Waals surface area contributed by atoms with Gasteiger partial charge in [-0.25, -0.2) is 0 Å². The van der Waals surface area contributed by atoms with Crippen molar-refractivity contribution in [2.75, 3.05) is 11.9 Å². The number of amides is 2. The highest BCUT2D eigenvalue weighted by Crippen LogP contribution is 2.17. The number of carbonyl (C=O) groups excluding carboxylic acids is 2. The van der Waals surface area contributed by atoms with E-state index in [2.05, 4.69) is 15.9 Å². The molecule has 0 bridgehead atoms. The van der Waals surface area contributed by atoms with Gasteiger partial charge in [-0.2, -0.15) is 0 Å². The van der Waals surface area contributed by atoms with Gasteiger partial charge in [0.25, 0.3) is 0 Å². The highest BCUT2D eigenvalue weighted by molar-refractivity contribution is 9.09. The normalized spacial score (nSPS) is 22.8. The van der Waals surface area contributed by atoms with Crippen LogP contribution in [0.2, 0.25) is 0 Å². The molecule has 0 spiro atoms. The van der Waals surface area contributed by atoms with Gasteiger partial charge in [-0.05, 0) is 12.8 Å². The van der Waals surface area contributed by atoms with Crippen LogP contribution in [-0.2, 0) is 9.59 Å². The van der Waals surface area contributed by atoms with Crippen molar-refractivity contribution in [2.45, 2.75) is 18.9 Å². The molecular formula is C7H11BrN2O2. The average molecular weight is 235 g/mol. The van der Waals surface area contributed by atoms with Crippen molar-refractivity contribution < 1.29 is 9.59 Å². The molecule has 1 aliphatic heterocycles. The Morgan fingerprint density at radius 1 is 1.58 bits per heavy atom. The Kier molecular flexibility index (Phi) is 3.08. The van der Waals surface area contributed by atoms with Crippen molar-refractivity contribution >= 4 is 27.7 Å². The fourth-order valence-electron chi connectivity index (χ4n) is 1.44. The third-order valence-corrected chi connectivity index (χ3v) is 2.50. The van der Waals surface area contributed by atoms with Gasteiger partial charge in [0.05, 0.1) is 5.33 Å². The van der Waals surface area contributed by atoms with Gasteiger partial charge in [0, 0.05) is 6.54 Å². The first-order chi connectivity index (χ1) is 5.66. The lowest BCUT2D eigenvalue weighted by Gasteiger charge is -2.20. The van der Waals surface area contributed by atoms with E-state index >= 15 is 0 Å². The van der Waals surface area contributed by atoms with Crippen LogP contribution in [-0.4, -0.2) is 34.6 Å². The largest absolute Gasteiger partial charge is 0.368 e. The van der Waals surface area contributed by atoms with Crippen LogP contribution in [0, 0.1) is 0 Å². The summed E-state index contributed by atoms with van der Waals surface area (Å²) in [5.74, 6) is -0.460. The van der Waals surface area contributed by atoms with Crippen molar-refractivity contribution in [3.63, 3.8) is 0 Å². The summed E-state index contributed by atoms with van der Waals surface area (Å²) >= 11 is 3.06. The number of primary amides is 1. The number of halogens is 1. The molecule has 68 valence electrons. The van der Waals surface area contributed by atoms with Gasteiger partial charge < -0.3 is 10.6 Å². The number of alkyl halides is 1. The molecule has 1 rings (SSSR count). The first-order valence-electron chi connectivity index (χ1n) is 3.81. The third kappa shape index (κ3) is 1.77.